The number of hydrogen-bond acceptors (Lipinski definition) is 1. The number of hydrogen-bond donors (Lipinski definition) is 0. The van der Waals surface area contributed by atoms with Crippen LogP contribution in [-0.4, -0.2) is 0 Å². The second kappa shape index (κ2) is 4.68. The summed E-state index contributed by atoms with van der Waals surface area (Å²) >= 11 is 3.26. The molecular formula is C6H5ClFeO. The fourth-order valence-corrected chi connectivity index (χ4v) is 0.619. The zero-order chi connectivity index (χ0) is 5.82. The topological polar surface area (TPSA) is 9.23 Å². The Hall–Kier alpha value is -0.171. The van der Waals surface area contributed by atoms with Crippen molar-refractivity contribution in [1.29, 1.82) is 0 Å². The third-order valence-electron chi connectivity index (χ3n) is 0.827. The molecule has 0 N–H and O–H groups in total. The van der Waals surface area contributed by atoms with Gasteiger partial charge in [0.1, 0.15) is 0 Å². The molecule has 0 saturated heterocycles. The van der Waals surface area contributed by atoms with E-state index in [4.69, 9.17) is 0 Å². The number of halogens is 1. The number of para-hydroxylation sites is 1. The molecule has 0 bridgehead atoms. The summed E-state index contributed by atoms with van der Waals surface area (Å²) in [5, 5.41) is 0. The quantitative estimate of drug-likeness (QED) is 0.484. The molecule has 0 heterocycles. The van der Waals surface area contributed by atoms with Crippen LogP contribution >= 0.6 is 0 Å². The molecule has 9 heavy (non-hydrogen) atoms. The van der Waals surface area contributed by atoms with E-state index in [9.17, 15) is 0 Å². The second-order valence-corrected chi connectivity index (χ2v) is 1.61. The Morgan fingerprint density at radius 3 is 2.00 bits per heavy atom. The number of benzene rings is 1. The van der Waals surface area contributed by atoms with E-state index in [2.05, 4.69) is 20.2 Å². The fourth-order valence-electron chi connectivity index (χ4n) is 0.469. The van der Waals surface area contributed by atoms with Gasteiger partial charge in [-0.1, -0.05) is 0 Å². The van der Waals surface area contributed by atoms with Crippen LogP contribution in [-0.2, 0) is 16.3 Å². The first-order chi connectivity index (χ1) is 3.93. The van der Waals surface area contributed by atoms with Crippen molar-refractivity contribution in [3.05, 3.63) is 30.3 Å². The summed E-state index contributed by atoms with van der Waals surface area (Å²) in [6.07, 6.45) is 0. The molecule has 0 unspecified atom stereocenters. The summed E-state index contributed by atoms with van der Waals surface area (Å²) < 4.78 is 4.66. The Balaban J connectivity index is 0.000000640. The van der Waals surface area contributed by atoms with Crippen LogP contribution < -0.4 is 16.2 Å². The van der Waals surface area contributed by atoms with Crippen LogP contribution in [0.2, 0.25) is 0 Å². The first-order valence-corrected chi connectivity index (χ1v) is 2.71. The molecule has 3 heteroatoms. The van der Waals surface area contributed by atoms with E-state index in [1.165, 1.54) is 0 Å². The van der Waals surface area contributed by atoms with Gasteiger partial charge in [-0.25, -0.2) is 0 Å². The van der Waals surface area contributed by atoms with Crippen LogP contribution in [0.15, 0.2) is 30.3 Å². The van der Waals surface area contributed by atoms with Gasteiger partial charge in [0.15, 0.2) is 0 Å². The Morgan fingerprint density at radius 1 is 1.11 bits per heavy atom. The molecule has 0 amide bonds. The molecular weight excluding hydrogens is 179 g/mol. The van der Waals surface area contributed by atoms with E-state index >= 15 is 0 Å². The van der Waals surface area contributed by atoms with Gasteiger partial charge >= 0.3 is 56.2 Å². The van der Waals surface area contributed by atoms with Gasteiger partial charge in [-0.3, -0.25) is 0 Å². The molecule has 50 valence electrons. The average molecular weight is 184 g/mol. The van der Waals surface area contributed by atoms with Crippen LogP contribution in [0.4, 0.5) is 0 Å². The van der Waals surface area contributed by atoms with E-state index < -0.39 is 0 Å². The molecule has 0 aliphatic rings. The predicted molar refractivity (Wildman–Crippen MR) is 27.1 cm³/mol. The van der Waals surface area contributed by atoms with Crippen molar-refractivity contribution in [1.82, 2.24) is 0 Å². The first-order valence-electron chi connectivity index (χ1n) is 2.26. The van der Waals surface area contributed by atoms with E-state index in [-0.39, 0.29) is 12.4 Å². The average Bonchev–Trinajstić information content (AvgIpc) is 1.90. The molecule has 1 aromatic rings. The molecule has 0 aromatic heterocycles. The third kappa shape index (κ3) is 2.75. The van der Waals surface area contributed by atoms with Crippen molar-refractivity contribution in [2.45, 2.75) is 0 Å². The summed E-state index contributed by atoms with van der Waals surface area (Å²) in [5.41, 5.74) is 0. The van der Waals surface area contributed by atoms with Crippen molar-refractivity contribution in [3.8, 4) is 5.75 Å². The molecule has 0 fully saturated rings. The van der Waals surface area contributed by atoms with Gasteiger partial charge < -0.3 is 12.4 Å². The summed E-state index contributed by atoms with van der Waals surface area (Å²) in [5.74, 6) is 0.799. The summed E-state index contributed by atoms with van der Waals surface area (Å²) in [4.78, 5) is 0. The van der Waals surface area contributed by atoms with Crippen molar-refractivity contribution < 1.29 is 32.6 Å². The standard InChI is InChI=1S/C6H6O.ClH.Fe/c7-6-4-2-1-3-5-6;;/h1-5,7H;1H;/q;;+2/p-2. The van der Waals surface area contributed by atoms with Crippen molar-refractivity contribution in [2.75, 3.05) is 0 Å². The van der Waals surface area contributed by atoms with Crippen molar-refractivity contribution in [2.24, 2.45) is 0 Å². The first kappa shape index (κ1) is 8.83. The van der Waals surface area contributed by atoms with E-state index in [0.29, 0.717) is 0 Å². The molecule has 0 aliphatic heterocycles. The zero-order valence-corrected chi connectivity index (χ0v) is 6.39. The summed E-state index contributed by atoms with van der Waals surface area (Å²) in [6.45, 7) is 0. The summed E-state index contributed by atoms with van der Waals surface area (Å²) in [6, 6.07) is 9.45. The van der Waals surface area contributed by atoms with E-state index in [1.807, 2.05) is 30.3 Å². The minimum atomic E-state index is 0. The fraction of sp³-hybridized carbons (Fsp3) is 0. The monoisotopic (exact) mass is 184 g/mol. The van der Waals surface area contributed by atoms with Crippen molar-refractivity contribution >= 4 is 0 Å². The second-order valence-electron chi connectivity index (χ2n) is 1.39. The Morgan fingerprint density at radius 2 is 1.67 bits per heavy atom. The minimum absolute atomic E-state index is 0. The van der Waals surface area contributed by atoms with Gasteiger partial charge in [0.05, 0.1) is 0 Å². The summed E-state index contributed by atoms with van der Waals surface area (Å²) in [7, 11) is 0. The van der Waals surface area contributed by atoms with Crippen LogP contribution in [0, 0.1) is 0 Å². The number of rotatable bonds is 1. The predicted octanol–water partition coefficient (Wildman–Crippen LogP) is -1.47. The molecule has 0 saturated carbocycles. The normalized spacial score (nSPS) is 7.67. The Bertz CT molecular complexity index is 154. The van der Waals surface area contributed by atoms with Gasteiger partial charge in [-0.15, -0.1) is 0 Å². The Labute approximate surface area is 69.0 Å². The van der Waals surface area contributed by atoms with E-state index in [1.54, 1.807) is 0 Å². The maximum absolute atomic E-state index is 4.66. The molecule has 0 aliphatic carbocycles. The van der Waals surface area contributed by atoms with Gasteiger partial charge in [-0.05, 0) is 0 Å². The zero-order valence-electron chi connectivity index (χ0n) is 4.53. The van der Waals surface area contributed by atoms with Gasteiger partial charge in [-0.2, -0.15) is 0 Å². The van der Waals surface area contributed by atoms with Gasteiger partial charge in [0, 0.05) is 0 Å². The third-order valence-corrected chi connectivity index (χ3v) is 1.09. The Kier molecular flexibility index (Phi) is 4.60. The molecule has 0 spiro atoms. The molecule has 0 radical (unpaired) electrons. The molecule has 1 nitrogen and oxygen atoms in total. The van der Waals surface area contributed by atoms with Gasteiger partial charge in [0.2, 0.25) is 0 Å². The van der Waals surface area contributed by atoms with Crippen LogP contribution in [0.1, 0.15) is 0 Å². The molecule has 0 atom stereocenters. The van der Waals surface area contributed by atoms with Crippen molar-refractivity contribution in [3.63, 3.8) is 0 Å². The maximum atomic E-state index is 4.66. The van der Waals surface area contributed by atoms with Crippen LogP contribution in [0.25, 0.3) is 0 Å². The molecule has 1 rings (SSSR count). The van der Waals surface area contributed by atoms with Crippen LogP contribution in [0.5, 0.6) is 5.75 Å². The van der Waals surface area contributed by atoms with E-state index in [0.717, 1.165) is 5.75 Å². The van der Waals surface area contributed by atoms with Gasteiger partial charge in [0.25, 0.3) is 0 Å². The molecule has 1 aromatic carbocycles. The SMILES string of the molecule is [Cl-].[Fe+][O]c1ccccc1. The van der Waals surface area contributed by atoms with Crippen LogP contribution in [0.3, 0.4) is 0 Å².